The fourth-order valence-electron chi connectivity index (χ4n) is 2.15. The first kappa shape index (κ1) is 18.5. The van der Waals surface area contributed by atoms with Crippen LogP contribution in [0.3, 0.4) is 0 Å². The maximum atomic E-state index is 11.7. The number of hydrogen-bond acceptors (Lipinski definition) is 7. The zero-order valence-electron chi connectivity index (χ0n) is 12.9. The van der Waals surface area contributed by atoms with E-state index in [0.717, 1.165) is 0 Å². The van der Waals surface area contributed by atoms with Crippen LogP contribution in [0.25, 0.3) is 0 Å². The average molecular weight is 331 g/mol. The lowest BCUT2D eigenvalue weighted by molar-refractivity contribution is -0.159. The van der Waals surface area contributed by atoms with Crippen LogP contribution in [0.1, 0.15) is 20.3 Å². The Hall–Kier alpha value is -1.57. The van der Waals surface area contributed by atoms with E-state index < -0.39 is 17.9 Å². The largest absolute Gasteiger partial charge is 0.467 e. The third kappa shape index (κ3) is 5.01. The van der Waals surface area contributed by atoms with Gasteiger partial charge in [0.25, 0.3) is 0 Å². The van der Waals surface area contributed by atoms with E-state index in [1.807, 2.05) is 0 Å². The van der Waals surface area contributed by atoms with Gasteiger partial charge in [-0.1, -0.05) is 0 Å². The van der Waals surface area contributed by atoms with Crippen molar-refractivity contribution in [1.29, 1.82) is 0 Å². The number of methoxy groups -OCH3 is 1. The molecule has 0 aromatic rings. The highest BCUT2D eigenvalue weighted by Gasteiger charge is 2.45. The van der Waals surface area contributed by atoms with Crippen molar-refractivity contribution in [2.75, 3.05) is 25.2 Å². The van der Waals surface area contributed by atoms with E-state index in [0.29, 0.717) is 5.75 Å². The molecule has 22 heavy (non-hydrogen) atoms. The first-order valence-corrected chi connectivity index (χ1v) is 8.18. The maximum absolute atomic E-state index is 11.7. The van der Waals surface area contributed by atoms with Gasteiger partial charge in [0, 0.05) is 30.8 Å². The standard InChI is InChI=1S/C14H21NO6S/c1-4-21-13(18)9-5-12(17)10(9)6-22-7-11(14(19)20-3)15-8(2)16/h9-11H,4-7H2,1-3H3,(H,15,16)/t9-,10+,11?/m0/s1. The summed E-state index contributed by atoms with van der Waals surface area (Å²) in [6, 6.07) is -0.760. The number of ketones is 1. The molecule has 0 saturated heterocycles. The van der Waals surface area contributed by atoms with Gasteiger partial charge in [-0.05, 0) is 6.92 Å². The second kappa shape index (κ2) is 8.77. The minimum atomic E-state index is -0.760. The van der Waals surface area contributed by atoms with E-state index in [4.69, 9.17) is 4.74 Å². The highest BCUT2D eigenvalue weighted by atomic mass is 32.2. The molecule has 1 fully saturated rings. The summed E-state index contributed by atoms with van der Waals surface area (Å²) in [5.41, 5.74) is 0. The molecule has 7 nitrogen and oxygen atoms in total. The molecule has 1 saturated carbocycles. The lowest BCUT2D eigenvalue weighted by Crippen LogP contribution is -2.45. The van der Waals surface area contributed by atoms with Crippen molar-refractivity contribution in [3.8, 4) is 0 Å². The quantitative estimate of drug-likeness (QED) is 0.633. The second-order valence-corrected chi connectivity index (χ2v) is 6.02. The number of nitrogens with one attached hydrogen (secondary N) is 1. The SMILES string of the molecule is CCOC(=O)[C@H]1CC(=O)[C@@H]1CSCC(NC(C)=O)C(=O)OC. The summed E-state index contributed by atoms with van der Waals surface area (Å²) < 4.78 is 9.54. The fourth-order valence-corrected chi connectivity index (χ4v) is 3.41. The predicted molar refractivity (Wildman–Crippen MR) is 80.2 cm³/mol. The van der Waals surface area contributed by atoms with Gasteiger partial charge in [-0.15, -0.1) is 0 Å². The van der Waals surface area contributed by atoms with Crippen LogP contribution in [0, 0.1) is 11.8 Å². The minimum absolute atomic E-state index is 0.0275. The molecule has 0 aliphatic heterocycles. The Bertz CT molecular complexity index is 453. The minimum Gasteiger partial charge on any atom is -0.467 e. The number of hydrogen-bond donors (Lipinski definition) is 1. The van der Waals surface area contributed by atoms with Crippen molar-refractivity contribution in [3.05, 3.63) is 0 Å². The van der Waals surface area contributed by atoms with E-state index in [1.54, 1.807) is 6.92 Å². The normalized spacial score (nSPS) is 21.5. The molecule has 124 valence electrons. The number of carbonyl (C=O) groups is 4. The molecule has 1 aliphatic carbocycles. The van der Waals surface area contributed by atoms with Crippen molar-refractivity contribution in [2.45, 2.75) is 26.3 Å². The Morgan fingerprint density at radius 3 is 2.59 bits per heavy atom. The molecule has 8 heteroatoms. The molecule has 0 bridgehead atoms. The molecule has 0 heterocycles. The molecular formula is C14H21NO6S. The van der Waals surface area contributed by atoms with E-state index >= 15 is 0 Å². The Morgan fingerprint density at radius 2 is 2.09 bits per heavy atom. The summed E-state index contributed by atoms with van der Waals surface area (Å²) in [4.78, 5) is 45.9. The van der Waals surface area contributed by atoms with Crippen LogP contribution in [0.5, 0.6) is 0 Å². The number of thioether (sulfide) groups is 1. The van der Waals surface area contributed by atoms with Crippen LogP contribution in [-0.4, -0.2) is 54.9 Å². The average Bonchev–Trinajstić information content (AvgIpc) is 2.46. The van der Waals surface area contributed by atoms with E-state index in [2.05, 4.69) is 10.1 Å². The molecule has 3 atom stereocenters. The zero-order chi connectivity index (χ0) is 16.7. The van der Waals surface area contributed by atoms with Crippen LogP contribution in [0.4, 0.5) is 0 Å². The van der Waals surface area contributed by atoms with E-state index in [-0.39, 0.29) is 42.4 Å². The number of amides is 1. The van der Waals surface area contributed by atoms with Crippen molar-refractivity contribution < 1.29 is 28.7 Å². The van der Waals surface area contributed by atoms with Gasteiger partial charge in [0.2, 0.25) is 5.91 Å². The molecular weight excluding hydrogens is 310 g/mol. The lowest BCUT2D eigenvalue weighted by atomic mass is 9.73. The zero-order valence-corrected chi connectivity index (χ0v) is 13.7. The van der Waals surface area contributed by atoms with Crippen molar-refractivity contribution in [1.82, 2.24) is 5.32 Å². The van der Waals surface area contributed by atoms with Crippen molar-refractivity contribution in [3.63, 3.8) is 0 Å². The summed E-state index contributed by atoms with van der Waals surface area (Å²) in [6.45, 7) is 3.32. The summed E-state index contributed by atoms with van der Waals surface area (Å²) in [5, 5.41) is 2.49. The Kier molecular flexibility index (Phi) is 7.37. The second-order valence-electron chi connectivity index (χ2n) is 4.95. The Balaban J connectivity index is 2.46. The van der Waals surface area contributed by atoms with Gasteiger partial charge in [-0.3, -0.25) is 14.4 Å². The number of carbonyl (C=O) groups excluding carboxylic acids is 4. The topological polar surface area (TPSA) is 98.8 Å². The molecule has 0 aromatic heterocycles. The number of rotatable bonds is 8. The van der Waals surface area contributed by atoms with Crippen LogP contribution < -0.4 is 5.32 Å². The Morgan fingerprint density at radius 1 is 1.41 bits per heavy atom. The molecule has 0 radical (unpaired) electrons. The molecule has 1 unspecified atom stereocenters. The molecule has 1 N–H and O–H groups in total. The first-order valence-electron chi connectivity index (χ1n) is 7.02. The molecule has 1 rings (SSSR count). The third-order valence-corrected chi connectivity index (χ3v) is 4.52. The summed E-state index contributed by atoms with van der Waals surface area (Å²) >= 11 is 1.33. The monoisotopic (exact) mass is 331 g/mol. The molecule has 0 aromatic carbocycles. The molecule has 1 amide bonds. The summed E-state index contributed by atoms with van der Waals surface area (Å²) in [7, 11) is 1.24. The highest BCUT2D eigenvalue weighted by molar-refractivity contribution is 7.99. The number of ether oxygens (including phenoxy) is 2. The van der Waals surface area contributed by atoms with Crippen LogP contribution in [-0.2, 0) is 28.7 Å². The van der Waals surface area contributed by atoms with E-state index in [1.165, 1.54) is 25.8 Å². The van der Waals surface area contributed by atoms with Gasteiger partial charge in [0.15, 0.2) is 0 Å². The van der Waals surface area contributed by atoms with Crippen LogP contribution in [0.15, 0.2) is 0 Å². The number of esters is 2. The smallest absolute Gasteiger partial charge is 0.329 e. The maximum Gasteiger partial charge on any atom is 0.329 e. The lowest BCUT2D eigenvalue weighted by Gasteiger charge is -2.32. The summed E-state index contributed by atoms with van der Waals surface area (Å²) in [6.07, 6.45) is 0.218. The van der Waals surface area contributed by atoms with Gasteiger partial charge in [0.05, 0.1) is 19.6 Å². The van der Waals surface area contributed by atoms with Gasteiger partial charge in [-0.2, -0.15) is 11.8 Å². The van der Waals surface area contributed by atoms with Gasteiger partial charge >= 0.3 is 11.9 Å². The third-order valence-electron chi connectivity index (χ3n) is 3.35. The van der Waals surface area contributed by atoms with Gasteiger partial charge < -0.3 is 14.8 Å². The van der Waals surface area contributed by atoms with Gasteiger partial charge in [0.1, 0.15) is 11.8 Å². The van der Waals surface area contributed by atoms with Crippen molar-refractivity contribution in [2.24, 2.45) is 11.8 Å². The number of Topliss-reactive ketones (excluding diaryl/α,β-unsaturated/α-hetero) is 1. The fraction of sp³-hybridized carbons (Fsp3) is 0.714. The predicted octanol–water partition coefficient (Wildman–Crippen LogP) is 0.166. The van der Waals surface area contributed by atoms with Crippen LogP contribution >= 0.6 is 11.8 Å². The molecule has 0 spiro atoms. The van der Waals surface area contributed by atoms with E-state index in [9.17, 15) is 19.2 Å². The van der Waals surface area contributed by atoms with Crippen molar-refractivity contribution >= 4 is 35.4 Å². The Labute approximate surface area is 133 Å². The highest BCUT2D eigenvalue weighted by Crippen LogP contribution is 2.34. The van der Waals surface area contributed by atoms with Crippen LogP contribution in [0.2, 0.25) is 0 Å². The first-order chi connectivity index (χ1) is 10.4. The summed E-state index contributed by atoms with van der Waals surface area (Å²) in [5.74, 6) is -1.26. The van der Waals surface area contributed by atoms with Gasteiger partial charge in [-0.25, -0.2) is 4.79 Å². The molecule has 1 aliphatic rings.